The van der Waals surface area contributed by atoms with Crippen molar-refractivity contribution < 1.29 is 19.0 Å². The van der Waals surface area contributed by atoms with Gasteiger partial charge in [-0.1, -0.05) is 12.1 Å². The first-order valence-electron chi connectivity index (χ1n) is 12.3. The van der Waals surface area contributed by atoms with Crippen LogP contribution < -0.4 is 10.1 Å². The number of ether oxygens (including phenoxy) is 1. The molecule has 37 heavy (non-hydrogen) atoms. The van der Waals surface area contributed by atoms with Crippen LogP contribution in [0.3, 0.4) is 0 Å². The lowest BCUT2D eigenvalue weighted by Gasteiger charge is -2.21. The normalized spacial score (nSPS) is 17.2. The fourth-order valence-corrected chi connectivity index (χ4v) is 5.01. The molecule has 0 unspecified atom stereocenters. The van der Waals surface area contributed by atoms with Crippen molar-refractivity contribution in [1.29, 1.82) is 0 Å². The summed E-state index contributed by atoms with van der Waals surface area (Å²) >= 11 is 0. The number of hydrogen-bond donors (Lipinski definition) is 3. The fourth-order valence-electron chi connectivity index (χ4n) is 5.01. The smallest absolute Gasteiger partial charge is 0.255 e. The average Bonchev–Trinajstić information content (AvgIpc) is 3.55. The van der Waals surface area contributed by atoms with Gasteiger partial charge < -0.3 is 20.1 Å². The molecule has 0 spiro atoms. The molecule has 2 atom stereocenters. The largest absolute Gasteiger partial charge is 0.496 e. The predicted octanol–water partition coefficient (Wildman–Crippen LogP) is 4.71. The molecule has 1 amide bonds. The van der Waals surface area contributed by atoms with Gasteiger partial charge in [0.1, 0.15) is 17.3 Å². The highest BCUT2D eigenvalue weighted by molar-refractivity contribution is 6.01. The monoisotopic (exact) mass is 503 g/mol. The zero-order chi connectivity index (χ0) is 26.1. The minimum absolute atomic E-state index is 0.00132. The molecule has 1 fully saturated rings. The number of halogens is 1. The summed E-state index contributed by atoms with van der Waals surface area (Å²) in [7, 11) is 4.90. The number of pyridine rings is 1. The summed E-state index contributed by atoms with van der Waals surface area (Å²) in [5.74, 6) is 0.0643. The van der Waals surface area contributed by atoms with Crippen molar-refractivity contribution in [3.63, 3.8) is 0 Å². The van der Waals surface area contributed by atoms with E-state index in [2.05, 4.69) is 20.5 Å². The first-order valence-corrected chi connectivity index (χ1v) is 12.3. The number of aromatic amines is 1. The van der Waals surface area contributed by atoms with Crippen LogP contribution in [-0.4, -0.2) is 64.9 Å². The van der Waals surface area contributed by atoms with E-state index in [0.717, 1.165) is 30.2 Å². The quantitative estimate of drug-likeness (QED) is 0.337. The van der Waals surface area contributed by atoms with Crippen LogP contribution in [0, 0.1) is 11.7 Å². The van der Waals surface area contributed by atoms with E-state index in [0.29, 0.717) is 28.2 Å². The Kier molecular flexibility index (Phi) is 6.80. The third-order valence-corrected chi connectivity index (χ3v) is 6.99. The summed E-state index contributed by atoms with van der Waals surface area (Å²) in [5, 5.41) is 20.9. The van der Waals surface area contributed by atoms with Crippen LogP contribution in [0.1, 0.15) is 29.6 Å². The van der Waals surface area contributed by atoms with Crippen molar-refractivity contribution in [3.8, 4) is 28.1 Å². The molecule has 0 bridgehead atoms. The first kappa shape index (κ1) is 24.7. The number of carbonyl (C=O) groups is 1. The van der Waals surface area contributed by atoms with E-state index in [-0.39, 0.29) is 35.7 Å². The number of aliphatic hydroxyl groups excluding tert-OH is 1. The van der Waals surface area contributed by atoms with Gasteiger partial charge in [0.15, 0.2) is 5.65 Å². The molecule has 5 rings (SSSR count). The van der Waals surface area contributed by atoms with Gasteiger partial charge >= 0.3 is 0 Å². The van der Waals surface area contributed by atoms with Gasteiger partial charge in [-0.2, -0.15) is 5.10 Å². The fraction of sp³-hybridized carbons (Fsp3) is 0.321. The molecule has 1 aliphatic carbocycles. The van der Waals surface area contributed by atoms with Gasteiger partial charge in [0.05, 0.1) is 18.4 Å². The van der Waals surface area contributed by atoms with Crippen molar-refractivity contribution in [2.45, 2.75) is 25.3 Å². The lowest BCUT2D eigenvalue weighted by molar-refractivity contribution is 0.0828. The second kappa shape index (κ2) is 10.2. The van der Waals surface area contributed by atoms with Crippen molar-refractivity contribution >= 4 is 22.6 Å². The molecule has 0 radical (unpaired) electrons. The van der Waals surface area contributed by atoms with Gasteiger partial charge in [-0.3, -0.25) is 9.89 Å². The molecule has 3 N–H and O–H groups in total. The number of anilines is 1. The number of hydrogen-bond acceptors (Lipinski definition) is 6. The van der Waals surface area contributed by atoms with E-state index in [1.54, 1.807) is 33.5 Å². The molecule has 9 heteroatoms. The highest BCUT2D eigenvalue weighted by Crippen LogP contribution is 2.36. The summed E-state index contributed by atoms with van der Waals surface area (Å²) in [5.41, 5.74) is 3.71. The van der Waals surface area contributed by atoms with E-state index in [1.165, 1.54) is 11.0 Å². The number of aliphatic hydroxyl groups is 1. The molecule has 192 valence electrons. The molecule has 4 aromatic rings. The molecule has 1 saturated carbocycles. The molecule has 2 aromatic heterocycles. The van der Waals surface area contributed by atoms with Crippen molar-refractivity contribution in [2.75, 3.05) is 33.1 Å². The number of methoxy groups -OCH3 is 1. The number of H-pyrrole nitrogens is 1. The Hall–Kier alpha value is -3.98. The summed E-state index contributed by atoms with van der Waals surface area (Å²) in [6.45, 7) is 0.115. The number of carbonyl (C=O) groups excluding carboxylic acids is 1. The maximum atomic E-state index is 15.6. The number of fused-ring (bicyclic) bond motifs is 1. The highest BCUT2D eigenvalue weighted by atomic mass is 19.1. The van der Waals surface area contributed by atoms with Gasteiger partial charge in [-0.25, -0.2) is 9.37 Å². The lowest BCUT2D eigenvalue weighted by atomic mass is 9.99. The minimum Gasteiger partial charge on any atom is -0.496 e. The number of nitrogens with one attached hydrogen (secondary N) is 2. The van der Waals surface area contributed by atoms with Crippen molar-refractivity contribution in [2.24, 2.45) is 5.92 Å². The van der Waals surface area contributed by atoms with E-state index in [4.69, 9.17) is 4.74 Å². The summed E-state index contributed by atoms with van der Waals surface area (Å²) in [6, 6.07) is 12.6. The number of nitrogens with zero attached hydrogens (tertiary/aromatic N) is 3. The Morgan fingerprint density at radius 2 is 2.03 bits per heavy atom. The highest BCUT2D eigenvalue weighted by Gasteiger charge is 2.27. The van der Waals surface area contributed by atoms with Crippen LogP contribution in [0.15, 0.2) is 48.7 Å². The number of rotatable bonds is 7. The maximum Gasteiger partial charge on any atom is 0.255 e. The van der Waals surface area contributed by atoms with E-state index < -0.39 is 5.82 Å². The number of para-hydroxylation sites is 1. The van der Waals surface area contributed by atoms with Crippen LogP contribution in [0.2, 0.25) is 0 Å². The van der Waals surface area contributed by atoms with Crippen LogP contribution in [0.4, 0.5) is 10.1 Å². The van der Waals surface area contributed by atoms with E-state index in [1.807, 2.05) is 30.3 Å². The van der Waals surface area contributed by atoms with Gasteiger partial charge in [-0.15, -0.1) is 0 Å². The molecular formula is C28H30FN5O3. The van der Waals surface area contributed by atoms with E-state index >= 15 is 4.39 Å². The molecule has 0 saturated heterocycles. The minimum atomic E-state index is -0.507. The van der Waals surface area contributed by atoms with Crippen LogP contribution in [0.25, 0.3) is 33.4 Å². The Bertz CT molecular complexity index is 1450. The third kappa shape index (κ3) is 4.74. The molecule has 1 aliphatic rings. The topological polar surface area (TPSA) is 103 Å². The molecular weight excluding hydrogens is 473 g/mol. The van der Waals surface area contributed by atoms with Crippen molar-refractivity contribution in [1.82, 2.24) is 20.1 Å². The summed E-state index contributed by atoms with van der Waals surface area (Å²) < 4.78 is 21.1. The SMILES string of the molecule is COc1ccccc1-c1n[nH]c2ncc(-c3cc(F)c(N[C@@H]4CC[C@@H](CO)C4)c(C(=O)N(C)C)c3)cc12. The number of aromatic nitrogens is 3. The standard InChI is InChI=1S/C28H30FN5O3/c1-34(2)28(36)22-11-17(13-23(29)26(22)31-19-9-8-16(10-19)15-35)18-12-21-25(32-33-27(21)30-14-18)20-6-4-5-7-24(20)37-3/h4-7,11-14,16,19,31,35H,8-10,15H2,1-3H3,(H,30,32,33)/t16-,19-/m1/s1. The van der Waals surface area contributed by atoms with Gasteiger partial charge in [0, 0.05) is 49.5 Å². The Balaban J connectivity index is 1.58. The zero-order valence-electron chi connectivity index (χ0n) is 21.1. The maximum absolute atomic E-state index is 15.6. The average molecular weight is 504 g/mol. The summed E-state index contributed by atoms with van der Waals surface area (Å²) in [6.07, 6.45) is 4.06. The van der Waals surface area contributed by atoms with Crippen LogP contribution in [0.5, 0.6) is 5.75 Å². The Morgan fingerprint density at radius 3 is 2.76 bits per heavy atom. The van der Waals surface area contributed by atoms with Crippen molar-refractivity contribution in [3.05, 3.63) is 60.0 Å². The molecule has 0 aliphatic heterocycles. The molecule has 2 heterocycles. The Morgan fingerprint density at radius 1 is 1.22 bits per heavy atom. The van der Waals surface area contributed by atoms with Gasteiger partial charge in [-0.05, 0) is 61.1 Å². The molecule has 2 aromatic carbocycles. The van der Waals surface area contributed by atoms with Crippen LogP contribution in [-0.2, 0) is 0 Å². The Labute approximate surface area is 214 Å². The predicted molar refractivity (Wildman–Crippen MR) is 141 cm³/mol. The summed E-state index contributed by atoms with van der Waals surface area (Å²) in [4.78, 5) is 19.1. The number of benzene rings is 2. The second-order valence-electron chi connectivity index (χ2n) is 9.68. The molecule has 8 nitrogen and oxygen atoms in total. The third-order valence-electron chi connectivity index (χ3n) is 6.99. The first-order chi connectivity index (χ1) is 17.9. The lowest BCUT2D eigenvalue weighted by Crippen LogP contribution is -2.25. The number of amides is 1. The van der Waals surface area contributed by atoms with E-state index in [9.17, 15) is 9.90 Å². The zero-order valence-corrected chi connectivity index (χ0v) is 21.1. The van der Waals surface area contributed by atoms with Gasteiger partial charge in [0.25, 0.3) is 5.91 Å². The second-order valence-corrected chi connectivity index (χ2v) is 9.68. The van der Waals surface area contributed by atoms with Gasteiger partial charge in [0.2, 0.25) is 0 Å². The van der Waals surface area contributed by atoms with Crippen LogP contribution >= 0.6 is 0 Å².